The number of carbonyl (C=O) groups excluding carboxylic acids is 1. The van der Waals surface area contributed by atoms with Gasteiger partial charge in [-0.3, -0.25) is 0 Å². The molecule has 5 heteroatoms. The average molecular weight is 346 g/mol. The molecule has 2 nitrogen and oxygen atoms in total. The predicted octanol–water partition coefficient (Wildman–Crippen LogP) is 4.92. The minimum absolute atomic E-state index is 0.334. The molecule has 0 aromatic heterocycles. The Labute approximate surface area is 143 Å². The maximum absolute atomic E-state index is 13.1. The Bertz CT molecular complexity index is 707. The lowest BCUT2D eigenvalue weighted by Crippen LogP contribution is -2.03. The van der Waals surface area contributed by atoms with Crippen LogP contribution in [0.4, 0.5) is 4.39 Å². The van der Waals surface area contributed by atoms with E-state index in [2.05, 4.69) is 0 Å². The summed E-state index contributed by atoms with van der Waals surface area (Å²) in [5.74, 6) is 2.05. The van der Waals surface area contributed by atoms with E-state index in [1.54, 1.807) is 12.1 Å². The van der Waals surface area contributed by atoms with Crippen molar-refractivity contribution in [3.63, 3.8) is 0 Å². The summed E-state index contributed by atoms with van der Waals surface area (Å²) >= 11 is 3.87. The van der Waals surface area contributed by atoms with Crippen molar-refractivity contribution in [1.29, 1.82) is 0 Å². The van der Waals surface area contributed by atoms with Crippen LogP contribution in [0.25, 0.3) is 6.08 Å². The molecule has 0 radical (unpaired) electrons. The number of esters is 1. The molecule has 1 aliphatic rings. The number of hydrogen-bond donors (Lipinski definition) is 0. The Morgan fingerprint density at radius 2 is 1.87 bits per heavy atom. The van der Waals surface area contributed by atoms with Crippen LogP contribution in [0.2, 0.25) is 0 Å². The van der Waals surface area contributed by atoms with Crippen LogP contribution in [-0.2, 0) is 4.79 Å². The molecule has 1 saturated heterocycles. The van der Waals surface area contributed by atoms with E-state index in [-0.39, 0.29) is 5.82 Å². The molecule has 0 atom stereocenters. The van der Waals surface area contributed by atoms with E-state index in [4.69, 9.17) is 4.74 Å². The molecule has 0 aliphatic carbocycles. The highest BCUT2D eigenvalue weighted by Gasteiger charge is 2.18. The molecule has 23 heavy (non-hydrogen) atoms. The van der Waals surface area contributed by atoms with Gasteiger partial charge in [-0.2, -0.15) is 0 Å². The number of thioether (sulfide) groups is 2. The van der Waals surface area contributed by atoms with Crippen molar-refractivity contribution in [3.05, 3.63) is 71.6 Å². The van der Waals surface area contributed by atoms with Crippen LogP contribution in [0.1, 0.15) is 15.7 Å². The quantitative estimate of drug-likeness (QED) is 0.446. The molecule has 1 fully saturated rings. The van der Waals surface area contributed by atoms with Crippen LogP contribution in [0.3, 0.4) is 0 Å². The van der Waals surface area contributed by atoms with Gasteiger partial charge in [0, 0.05) is 17.6 Å². The van der Waals surface area contributed by atoms with E-state index in [0.29, 0.717) is 15.9 Å². The van der Waals surface area contributed by atoms with Crippen molar-refractivity contribution in [2.45, 2.75) is 4.58 Å². The second kappa shape index (κ2) is 7.70. The second-order valence-corrected chi connectivity index (χ2v) is 7.68. The van der Waals surface area contributed by atoms with E-state index in [1.165, 1.54) is 41.4 Å². The van der Waals surface area contributed by atoms with Gasteiger partial charge in [-0.25, -0.2) is 9.18 Å². The van der Waals surface area contributed by atoms with Crippen molar-refractivity contribution >= 4 is 35.6 Å². The van der Waals surface area contributed by atoms with Crippen molar-refractivity contribution in [2.24, 2.45) is 0 Å². The van der Waals surface area contributed by atoms with Gasteiger partial charge in [0.2, 0.25) is 0 Å². The summed E-state index contributed by atoms with van der Waals surface area (Å²) in [7, 11) is 0. The number of benzene rings is 2. The highest BCUT2D eigenvalue weighted by Crippen LogP contribution is 2.45. The SMILES string of the molecule is O=C(/C=C/c1cccc(F)c1)Oc1ccc(C2SCCS2)cc1. The fourth-order valence-electron chi connectivity index (χ4n) is 2.17. The summed E-state index contributed by atoms with van der Waals surface area (Å²) in [6.45, 7) is 0. The molecule has 0 N–H and O–H groups in total. The summed E-state index contributed by atoms with van der Waals surface area (Å²) in [5, 5.41) is 0. The van der Waals surface area contributed by atoms with Crippen LogP contribution in [0.15, 0.2) is 54.6 Å². The van der Waals surface area contributed by atoms with Crippen LogP contribution >= 0.6 is 23.5 Å². The molecule has 0 saturated carbocycles. The van der Waals surface area contributed by atoms with Crippen LogP contribution in [-0.4, -0.2) is 17.5 Å². The predicted molar refractivity (Wildman–Crippen MR) is 95.2 cm³/mol. The van der Waals surface area contributed by atoms with Crippen molar-refractivity contribution < 1.29 is 13.9 Å². The van der Waals surface area contributed by atoms with Gasteiger partial charge < -0.3 is 4.74 Å². The van der Waals surface area contributed by atoms with Gasteiger partial charge in [0.15, 0.2) is 0 Å². The van der Waals surface area contributed by atoms with E-state index >= 15 is 0 Å². The Balaban J connectivity index is 1.59. The Hall–Kier alpha value is -1.72. The number of ether oxygens (including phenoxy) is 1. The Kier molecular flexibility index (Phi) is 5.41. The molecule has 2 aromatic carbocycles. The molecule has 1 aliphatic heterocycles. The first kappa shape index (κ1) is 16.1. The van der Waals surface area contributed by atoms with Gasteiger partial charge in [-0.15, -0.1) is 23.5 Å². The van der Waals surface area contributed by atoms with E-state index in [0.717, 1.165) is 0 Å². The third kappa shape index (κ3) is 4.62. The largest absolute Gasteiger partial charge is 0.423 e. The van der Waals surface area contributed by atoms with E-state index in [1.807, 2.05) is 47.8 Å². The molecule has 0 amide bonds. The summed E-state index contributed by atoms with van der Waals surface area (Å²) in [6, 6.07) is 13.6. The van der Waals surface area contributed by atoms with Crippen LogP contribution in [0, 0.1) is 5.82 Å². The second-order valence-electron chi connectivity index (χ2n) is 4.95. The minimum atomic E-state index is -0.480. The van der Waals surface area contributed by atoms with Crippen LogP contribution < -0.4 is 4.74 Å². The normalized spacial score (nSPS) is 15.2. The standard InChI is InChI=1S/C18H15FO2S2/c19-15-3-1-2-13(12-15)4-9-17(20)21-16-7-5-14(6-8-16)18-22-10-11-23-18/h1-9,12,18H,10-11H2/b9-4+. The molecule has 0 unspecified atom stereocenters. The highest BCUT2D eigenvalue weighted by molar-refractivity contribution is 8.19. The Morgan fingerprint density at radius 3 is 2.57 bits per heavy atom. The third-order valence-electron chi connectivity index (χ3n) is 3.25. The molecule has 118 valence electrons. The minimum Gasteiger partial charge on any atom is -0.423 e. The number of halogens is 1. The van der Waals surface area contributed by atoms with Gasteiger partial charge in [0.05, 0.1) is 4.58 Å². The lowest BCUT2D eigenvalue weighted by Gasteiger charge is -2.08. The van der Waals surface area contributed by atoms with E-state index < -0.39 is 5.97 Å². The van der Waals surface area contributed by atoms with Crippen molar-refractivity contribution in [2.75, 3.05) is 11.5 Å². The fraction of sp³-hybridized carbons (Fsp3) is 0.167. The van der Waals surface area contributed by atoms with Gasteiger partial charge in [0.1, 0.15) is 11.6 Å². The maximum Gasteiger partial charge on any atom is 0.336 e. The smallest absolute Gasteiger partial charge is 0.336 e. The highest BCUT2D eigenvalue weighted by atomic mass is 32.2. The zero-order valence-corrected chi connectivity index (χ0v) is 13.9. The monoisotopic (exact) mass is 346 g/mol. The van der Waals surface area contributed by atoms with Crippen LogP contribution in [0.5, 0.6) is 5.75 Å². The molecule has 0 spiro atoms. The molecular weight excluding hydrogens is 331 g/mol. The Morgan fingerprint density at radius 1 is 1.13 bits per heavy atom. The molecule has 2 aromatic rings. The summed E-state index contributed by atoms with van der Waals surface area (Å²) in [6.07, 6.45) is 2.83. The summed E-state index contributed by atoms with van der Waals surface area (Å²) < 4.78 is 18.8. The van der Waals surface area contributed by atoms with Gasteiger partial charge >= 0.3 is 5.97 Å². The van der Waals surface area contributed by atoms with Crippen molar-refractivity contribution in [3.8, 4) is 5.75 Å². The number of rotatable bonds is 4. The molecular formula is C18H15FO2S2. The van der Waals surface area contributed by atoms with Crippen molar-refractivity contribution in [1.82, 2.24) is 0 Å². The zero-order chi connectivity index (χ0) is 16.1. The van der Waals surface area contributed by atoms with Gasteiger partial charge in [-0.1, -0.05) is 24.3 Å². The fourth-order valence-corrected chi connectivity index (χ4v) is 5.03. The van der Waals surface area contributed by atoms with Gasteiger partial charge in [-0.05, 0) is 41.5 Å². The number of hydrogen-bond acceptors (Lipinski definition) is 4. The third-order valence-corrected chi connectivity index (χ3v) is 6.36. The first-order chi connectivity index (χ1) is 11.2. The van der Waals surface area contributed by atoms with Gasteiger partial charge in [0.25, 0.3) is 0 Å². The molecule has 3 rings (SSSR count). The topological polar surface area (TPSA) is 26.3 Å². The number of carbonyl (C=O) groups is 1. The van der Waals surface area contributed by atoms with E-state index in [9.17, 15) is 9.18 Å². The maximum atomic E-state index is 13.1. The molecule has 1 heterocycles. The average Bonchev–Trinajstić information content (AvgIpc) is 3.08. The zero-order valence-electron chi connectivity index (χ0n) is 12.3. The first-order valence-corrected chi connectivity index (χ1v) is 9.29. The summed E-state index contributed by atoms with van der Waals surface area (Å²) in [5.41, 5.74) is 1.86. The lowest BCUT2D eigenvalue weighted by molar-refractivity contribution is -0.128. The molecule has 0 bridgehead atoms. The summed E-state index contributed by atoms with van der Waals surface area (Å²) in [4.78, 5) is 11.8. The first-order valence-electron chi connectivity index (χ1n) is 7.19. The lowest BCUT2D eigenvalue weighted by atomic mass is 10.2.